The average molecular weight is 289 g/mol. The number of rotatable bonds is 5. The Hall–Kier alpha value is -1.00. The highest BCUT2D eigenvalue weighted by molar-refractivity contribution is 8.00. The van der Waals surface area contributed by atoms with E-state index in [-0.39, 0.29) is 0 Å². The van der Waals surface area contributed by atoms with Crippen LogP contribution in [0.3, 0.4) is 0 Å². The maximum absolute atomic E-state index is 4.48. The molecule has 1 radical (unpaired) electrons. The molecule has 0 unspecified atom stereocenters. The first kappa shape index (κ1) is 14.4. The fourth-order valence-electron chi connectivity index (χ4n) is 1.64. The van der Waals surface area contributed by atoms with E-state index in [1.807, 2.05) is 12.3 Å². The predicted molar refractivity (Wildman–Crippen MR) is 83.7 cm³/mol. The molecule has 0 bridgehead atoms. The zero-order valence-electron chi connectivity index (χ0n) is 11.4. The van der Waals surface area contributed by atoms with Crippen LogP contribution in [0.4, 0.5) is 0 Å². The van der Waals surface area contributed by atoms with Gasteiger partial charge in [-0.15, -0.1) is 23.5 Å². The molecule has 4 heteroatoms. The van der Waals surface area contributed by atoms with Gasteiger partial charge in [-0.25, -0.2) is 9.97 Å². The summed E-state index contributed by atoms with van der Waals surface area (Å²) in [7, 11) is 0. The molecule has 2 aromatic rings. The Kier molecular flexibility index (Phi) is 5.28. The molecular weight excluding hydrogens is 272 g/mol. The van der Waals surface area contributed by atoms with Crippen molar-refractivity contribution in [3.8, 4) is 11.1 Å². The van der Waals surface area contributed by atoms with Gasteiger partial charge >= 0.3 is 0 Å². The summed E-state index contributed by atoms with van der Waals surface area (Å²) in [6, 6.07) is 9.22. The summed E-state index contributed by atoms with van der Waals surface area (Å²) in [6.07, 6.45) is 3.65. The molecule has 0 aliphatic heterocycles. The van der Waals surface area contributed by atoms with Crippen molar-refractivity contribution in [2.45, 2.75) is 36.1 Å². The molecule has 2 nitrogen and oxygen atoms in total. The summed E-state index contributed by atoms with van der Waals surface area (Å²) in [4.78, 5) is 8.91. The van der Waals surface area contributed by atoms with Gasteiger partial charge in [-0.1, -0.05) is 26.8 Å². The summed E-state index contributed by atoms with van der Waals surface area (Å²) >= 11 is 3.52. The summed E-state index contributed by atoms with van der Waals surface area (Å²) in [5, 5.41) is 2.63. The van der Waals surface area contributed by atoms with E-state index >= 15 is 0 Å². The maximum atomic E-state index is 4.48. The number of hydrogen-bond acceptors (Lipinski definition) is 4. The Balaban J connectivity index is 2.30. The normalized spacial score (nSPS) is 10.9. The summed E-state index contributed by atoms with van der Waals surface area (Å²) in [5.41, 5.74) is 2.22. The van der Waals surface area contributed by atoms with Crippen molar-refractivity contribution in [1.29, 1.82) is 0 Å². The topological polar surface area (TPSA) is 25.8 Å². The van der Waals surface area contributed by atoms with Crippen molar-refractivity contribution >= 4 is 23.5 Å². The maximum Gasteiger partial charge on any atom is 0.104 e. The van der Waals surface area contributed by atoms with E-state index in [1.165, 1.54) is 0 Å². The molecule has 2 heterocycles. The molecule has 0 aliphatic rings. The van der Waals surface area contributed by atoms with Gasteiger partial charge in [0.2, 0.25) is 0 Å². The lowest BCUT2D eigenvalue weighted by Gasteiger charge is -2.10. The lowest BCUT2D eigenvalue weighted by atomic mass is 10.1. The minimum absolute atomic E-state index is 0.511. The van der Waals surface area contributed by atoms with Gasteiger partial charge < -0.3 is 0 Å². The Morgan fingerprint density at radius 3 is 2.74 bits per heavy atom. The molecule has 0 N–H and O–H groups in total. The first-order chi connectivity index (χ1) is 9.20. The molecule has 99 valence electrons. The highest BCUT2D eigenvalue weighted by Gasteiger charge is 2.09. The Morgan fingerprint density at radius 2 is 2.11 bits per heavy atom. The third kappa shape index (κ3) is 3.98. The van der Waals surface area contributed by atoms with E-state index < -0.39 is 0 Å². The lowest BCUT2D eigenvalue weighted by molar-refractivity contribution is 1.07. The number of hydrogen-bond donors (Lipinski definition) is 0. The number of aromatic nitrogens is 2. The van der Waals surface area contributed by atoms with E-state index in [9.17, 15) is 0 Å². The van der Waals surface area contributed by atoms with Crippen LogP contribution in [0.15, 0.2) is 40.6 Å². The Labute approximate surface area is 123 Å². The molecule has 0 aliphatic carbocycles. The van der Waals surface area contributed by atoms with Crippen LogP contribution < -0.4 is 0 Å². The summed E-state index contributed by atoms with van der Waals surface area (Å²) in [6.45, 7) is 6.48. The minimum atomic E-state index is 0.511. The second kappa shape index (κ2) is 6.96. The second-order valence-corrected chi connectivity index (χ2v) is 7.12. The van der Waals surface area contributed by atoms with Gasteiger partial charge in [-0.05, 0) is 17.9 Å². The van der Waals surface area contributed by atoms with Crippen LogP contribution in [0.1, 0.15) is 20.8 Å². The first-order valence-electron chi connectivity index (χ1n) is 6.32. The molecule has 2 aromatic heterocycles. The fourth-order valence-corrected chi connectivity index (χ4v) is 3.10. The first-order valence-corrected chi connectivity index (χ1v) is 8.19. The summed E-state index contributed by atoms with van der Waals surface area (Å²) < 4.78 is 0. The van der Waals surface area contributed by atoms with Crippen molar-refractivity contribution in [2.24, 2.45) is 0 Å². The van der Waals surface area contributed by atoms with Crippen molar-refractivity contribution < 1.29 is 0 Å². The minimum Gasteiger partial charge on any atom is -0.249 e. The smallest absolute Gasteiger partial charge is 0.104 e. The average Bonchev–Trinajstić information content (AvgIpc) is 2.40. The number of pyridine rings is 2. The van der Waals surface area contributed by atoms with Crippen LogP contribution in [-0.4, -0.2) is 21.0 Å². The van der Waals surface area contributed by atoms with Gasteiger partial charge in [0.25, 0.3) is 0 Å². The van der Waals surface area contributed by atoms with Crippen LogP contribution in [0, 0.1) is 6.07 Å². The molecule has 0 aromatic carbocycles. The van der Waals surface area contributed by atoms with Crippen LogP contribution in [0.5, 0.6) is 0 Å². The number of nitrogens with zero attached hydrogens (tertiary/aromatic N) is 2. The Bertz CT molecular complexity index is 524. The van der Waals surface area contributed by atoms with E-state index in [4.69, 9.17) is 0 Å². The van der Waals surface area contributed by atoms with E-state index in [1.54, 1.807) is 29.7 Å². The molecule has 19 heavy (non-hydrogen) atoms. The van der Waals surface area contributed by atoms with E-state index in [2.05, 4.69) is 48.9 Å². The molecule has 0 saturated carbocycles. The summed E-state index contributed by atoms with van der Waals surface area (Å²) in [5.74, 6) is 1.04. The van der Waals surface area contributed by atoms with Crippen LogP contribution in [0.2, 0.25) is 0 Å². The number of thioether (sulfide) groups is 2. The van der Waals surface area contributed by atoms with Gasteiger partial charge in [0.05, 0.1) is 5.03 Å². The van der Waals surface area contributed by atoms with E-state index in [0.717, 1.165) is 26.9 Å². The highest BCUT2D eigenvalue weighted by atomic mass is 32.2. The third-order valence-corrected chi connectivity index (χ3v) is 4.25. The van der Waals surface area contributed by atoms with Crippen molar-refractivity contribution in [3.05, 3.63) is 36.7 Å². The quantitative estimate of drug-likeness (QED) is 0.754. The SMILES string of the molecule is CCSc1ccc(-c2c[c]cnc2SC(C)C)cn1. The monoisotopic (exact) mass is 289 g/mol. The van der Waals surface area contributed by atoms with Gasteiger partial charge in [0.15, 0.2) is 0 Å². The van der Waals surface area contributed by atoms with Crippen molar-refractivity contribution in [2.75, 3.05) is 5.75 Å². The molecule has 2 rings (SSSR count). The third-order valence-electron chi connectivity index (χ3n) is 2.40. The van der Waals surface area contributed by atoms with Gasteiger partial charge in [-0.2, -0.15) is 0 Å². The molecule has 0 atom stereocenters. The van der Waals surface area contributed by atoms with Gasteiger partial charge in [-0.3, -0.25) is 0 Å². The molecule has 0 saturated heterocycles. The van der Waals surface area contributed by atoms with Gasteiger partial charge in [0.1, 0.15) is 5.03 Å². The van der Waals surface area contributed by atoms with Crippen LogP contribution in [0.25, 0.3) is 11.1 Å². The van der Waals surface area contributed by atoms with Crippen molar-refractivity contribution in [1.82, 2.24) is 9.97 Å². The standard InChI is InChI=1S/C15H17N2S2/c1-4-18-14-8-7-12(10-17-14)13-6-5-9-16-15(13)19-11(2)3/h6-11H,4H2,1-3H3. The zero-order chi connectivity index (χ0) is 13.7. The largest absolute Gasteiger partial charge is 0.249 e. The zero-order valence-corrected chi connectivity index (χ0v) is 13.0. The molecule has 0 spiro atoms. The van der Waals surface area contributed by atoms with Crippen molar-refractivity contribution in [3.63, 3.8) is 0 Å². The van der Waals surface area contributed by atoms with Crippen LogP contribution in [-0.2, 0) is 0 Å². The fraction of sp³-hybridized carbons (Fsp3) is 0.333. The van der Waals surface area contributed by atoms with Crippen LogP contribution >= 0.6 is 23.5 Å². The predicted octanol–water partition coefficient (Wildman–Crippen LogP) is 4.56. The molecule has 0 fully saturated rings. The van der Waals surface area contributed by atoms with E-state index in [0.29, 0.717) is 5.25 Å². The highest BCUT2D eigenvalue weighted by Crippen LogP contribution is 2.31. The molecule has 0 amide bonds. The van der Waals surface area contributed by atoms with Gasteiger partial charge in [0, 0.05) is 34.8 Å². The lowest BCUT2D eigenvalue weighted by Crippen LogP contribution is -1.92. The Morgan fingerprint density at radius 1 is 1.26 bits per heavy atom. The molecular formula is C15H17N2S2. The second-order valence-electron chi connectivity index (χ2n) is 4.27.